The molecule has 0 aromatic rings. The number of carbonyl (C=O) groups excluding carboxylic acids is 1. The van der Waals surface area contributed by atoms with Gasteiger partial charge in [0.2, 0.25) is 5.91 Å². The van der Waals surface area contributed by atoms with Gasteiger partial charge in [-0.3, -0.25) is 4.79 Å². The third kappa shape index (κ3) is 53.9. The number of rotatable bonds is 51. The SMILES string of the molecule is CC/C=C\C/C=C\C/C=C\C/C=C\C/C=C\C/C=C\C/C=C\CCCCCCCCCCCC(=O)NC(CO)C(O)/C=C/CC/C=C/CCCCCCCCCCCCCCCCCCCC. The van der Waals surface area contributed by atoms with Crippen LogP contribution in [-0.4, -0.2) is 34.9 Å². The lowest BCUT2D eigenvalue weighted by molar-refractivity contribution is -0.123. The molecule has 0 rings (SSSR count). The Balaban J connectivity index is 3.61. The maximum absolute atomic E-state index is 12.5. The number of allylic oxidation sites excluding steroid dienone is 17. The Hall–Kier alpha value is -2.95. The molecule has 3 N–H and O–H groups in total. The molecule has 0 saturated heterocycles. The lowest BCUT2D eigenvalue weighted by Crippen LogP contribution is -2.45. The Bertz CT molecular complexity index is 1280. The van der Waals surface area contributed by atoms with Crippen molar-refractivity contribution in [2.45, 2.75) is 276 Å². The summed E-state index contributed by atoms with van der Waals surface area (Å²) in [6.45, 7) is 4.19. The number of carbonyl (C=O) groups is 1. The van der Waals surface area contributed by atoms with E-state index in [2.05, 4.69) is 116 Å². The molecule has 0 saturated carbocycles. The highest BCUT2D eigenvalue weighted by atomic mass is 16.3. The molecule has 0 heterocycles. The highest BCUT2D eigenvalue weighted by molar-refractivity contribution is 5.76. The van der Waals surface area contributed by atoms with E-state index in [0.717, 1.165) is 83.5 Å². The summed E-state index contributed by atoms with van der Waals surface area (Å²) < 4.78 is 0. The second-order valence-electron chi connectivity index (χ2n) is 19.0. The van der Waals surface area contributed by atoms with Crippen molar-refractivity contribution in [1.82, 2.24) is 5.32 Å². The van der Waals surface area contributed by atoms with Crippen molar-refractivity contribution in [2.24, 2.45) is 0 Å². The monoisotopic (exact) mass is 928 g/mol. The lowest BCUT2D eigenvalue weighted by atomic mass is 10.0. The van der Waals surface area contributed by atoms with Crippen LogP contribution in [0.15, 0.2) is 109 Å². The zero-order chi connectivity index (χ0) is 48.5. The minimum atomic E-state index is -0.873. The van der Waals surface area contributed by atoms with Gasteiger partial charge in [-0.2, -0.15) is 0 Å². The van der Waals surface area contributed by atoms with E-state index in [9.17, 15) is 15.0 Å². The van der Waals surface area contributed by atoms with E-state index in [1.165, 1.54) is 161 Å². The standard InChI is InChI=1S/C63H109NO3/c1-3-5-7-9-11-13-15-17-19-21-23-25-27-29-30-31-32-33-34-35-37-39-41-43-45-47-49-51-53-55-57-59-63(67)64-61(60-65)62(66)58-56-54-52-50-48-46-44-42-40-38-36-28-26-24-22-20-18-16-14-12-10-8-6-4-2/h5,7,11,13,17,19,23,25,29-30,32-33,35,37,48,50,56,58,61-62,65-66H,3-4,6,8-10,12,14-16,18,20-22,24,26-28,31,34,36,38-47,49,51-55,57,59-60H2,1-2H3,(H,64,67)/b7-5-,13-11-,19-17-,25-23-,30-29-,33-32-,37-35-,50-48+,58-56+. The van der Waals surface area contributed by atoms with Crippen LogP contribution < -0.4 is 5.32 Å². The normalized spacial score (nSPS) is 13.7. The summed E-state index contributed by atoms with van der Waals surface area (Å²) in [6, 6.07) is -0.651. The summed E-state index contributed by atoms with van der Waals surface area (Å²) in [5.74, 6) is -0.0829. The lowest BCUT2D eigenvalue weighted by Gasteiger charge is -2.19. The van der Waals surface area contributed by atoms with Crippen LogP contribution in [0.25, 0.3) is 0 Å². The number of hydrogen-bond acceptors (Lipinski definition) is 3. The Morgan fingerprint density at radius 2 is 0.672 bits per heavy atom. The first kappa shape index (κ1) is 64.0. The molecule has 0 spiro atoms. The molecule has 0 aromatic heterocycles. The Morgan fingerprint density at radius 1 is 0.373 bits per heavy atom. The average Bonchev–Trinajstić information content (AvgIpc) is 3.33. The molecule has 0 aliphatic carbocycles. The summed E-state index contributed by atoms with van der Waals surface area (Å²) in [5, 5.41) is 23.2. The fraction of sp³-hybridized carbons (Fsp3) is 0.698. The summed E-state index contributed by atoms with van der Waals surface area (Å²) in [5.41, 5.74) is 0. The van der Waals surface area contributed by atoms with Crippen LogP contribution >= 0.6 is 0 Å². The summed E-state index contributed by atoms with van der Waals surface area (Å²) in [4.78, 5) is 12.5. The Morgan fingerprint density at radius 3 is 1.04 bits per heavy atom. The Labute approximate surface area is 416 Å². The number of aliphatic hydroxyl groups excluding tert-OH is 2. The number of hydrogen-bond donors (Lipinski definition) is 3. The number of aliphatic hydroxyl groups is 2. The molecule has 4 nitrogen and oxygen atoms in total. The number of nitrogens with one attached hydrogen (secondary N) is 1. The van der Waals surface area contributed by atoms with Gasteiger partial charge >= 0.3 is 0 Å². The zero-order valence-corrected chi connectivity index (χ0v) is 44.1. The molecule has 2 unspecified atom stereocenters. The van der Waals surface area contributed by atoms with Crippen molar-refractivity contribution >= 4 is 5.91 Å². The van der Waals surface area contributed by atoms with Gasteiger partial charge in [-0.1, -0.05) is 277 Å². The molecular formula is C63H109NO3. The zero-order valence-electron chi connectivity index (χ0n) is 44.1. The fourth-order valence-electron chi connectivity index (χ4n) is 8.18. The van der Waals surface area contributed by atoms with Crippen LogP contribution in [0.5, 0.6) is 0 Å². The first-order chi connectivity index (χ1) is 33.2. The number of unbranched alkanes of at least 4 members (excludes halogenated alkanes) is 28. The van der Waals surface area contributed by atoms with Gasteiger partial charge in [-0.15, -0.1) is 0 Å². The van der Waals surface area contributed by atoms with Crippen molar-refractivity contribution in [3.8, 4) is 0 Å². The van der Waals surface area contributed by atoms with Crippen molar-refractivity contribution in [1.29, 1.82) is 0 Å². The molecule has 1 amide bonds. The van der Waals surface area contributed by atoms with E-state index in [-0.39, 0.29) is 12.5 Å². The molecule has 0 aromatic carbocycles. The van der Waals surface area contributed by atoms with Crippen molar-refractivity contribution in [3.05, 3.63) is 109 Å². The average molecular weight is 929 g/mol. The van der Waals surface area contributed by atoms with E-state index < -0.39 is 12.1 Å². The topological polar surface area (TPSA) is 69.6 Å². The van der Waals surface area contributed by atoms with Gasteiger partial charge in [-0.05, 0) is 89.9 Å². The molecule has 2 atom stereocenters. The minimum Gasteiger partial charge on any atom is -0.394 e. The second kappa shape index (κ2) is 57.4. The van der Waals surface area contributed by atoms with Gasteiger partial charge in [-0.25, -0.2) is 0 Å². The van der Waals surface area contributed by atoms with Crippen molar-refractivity contribution in [2.75, 3.05) is 6.61 Å². The van der Waals surface area contributed by atoms with Crippen LogP contribution in [0.1, 0.15) is 264 Å². The maximum Gasteiger partial charge on any atom is 0.220 e. The number of amides is 1. The highest BCUT2D eigenvalue weighted by Crippen LogP contribution is 2.16. The predicted octanol–water partition coefficient (Wildman–Crippen LogP) is 19.1. The third-order valence-corrected chi connectivity index (χ3v) is 12.5. The highest BCUT2D eigenvalue weighted by Gasteiger charge is 2.18. The Kier molecular flexibility index (Phi) is 54.8. The third-order valence-electron chi connectivity index (χ3n) is 12.5. The van der Waals surface area contributed by atoms with Gasteiger partial charge in [0, 0.05) is 6.42 Å². The molecule has 67 heavy (non-hydrogen) atoms. The second-order valence-corrected chi connectivity index (χ2v) is 19.0. The van der Waals surface area contributed by atoms with Crippen molar-refractivity contribution < 1.29 is 15.0 Å². The van der Waals surface area contributed by atoms with Crippen molar-refractivity contribution in [3.63, 3.8) is 0 Å². The van der Waals surface area contributed by atoms with E-state index >= 15 is 0 Å². The van der Waals surface area contributed by atoms with Gasteiger partial charge in [0.25, 0.3) is 0 Å². The van der Waals surface area contributed by atoms with E-state index in [0.29, 0.717) is 6.42 Å². The molecule has 0 aliphatic heterocycles. The maximum atomic E-state index is 12.5. The smallest absolute Gasteiger partial charge is 0.220 e. The first-order valence-electron chi connectivity index (χ1n) is 28.6. The van der Waals surface area contributed by atoms with E-state index in [1.54, 1.807) is 6.08 Å². The minimum absolute atomic E-state index is 0.0829. The molecule has 0 radical (unpaired) electrons. The van der Waals surface area contributed by atoms with E-state index in [4.69, 9.17) is 0 Å². The summed E-state index contributed by atoms with van der Waals surface area (Å²) in [6.07, 6.45) is 86.7. The van der Waals surface area contributed by atoms with Gasteiger partial charge in [0.15, 0.2) is 0 Å². The first-order valence-corrected chi connectivity index (χ1v) is 28.6. The van der Waals surface area contributed by atoms with Crippen LogP contribution in [-0.2, 0) is 4.79 Å². The van der Waals surface area contributed by atoms with Crippen LogP contribution in [0.3, 0.4) is 0 Å². The molecule has 0 fully saturated rings. The molecule has 0 bridgehead atoms. The fourth-order valence-corrected chi connectivity index (χ4v) is 8.18. The predicted molar refractivity (Wildman–Crippen MR) is 299 cm³/mol. The van der Waals surface area contributed by atoms with Crippen LogP contribution in [0.4, 0.5) is 0 Å². The quantitative estimate of drug-likeness (QED) is 0.0420. The van der Waals surface area contributed by atoms with Gasteiger partial charge < -0.3 is 15.5 Å². The van der Waals surface area contributed by atoms with Gasteiger partial charge in [0.1, 0.15) is 0 Å². The van der Waals surface area contributed by atoms with Gasteiger partial charge in [0.05, 0.1) is 18.8 Å². The van der Waals surface area contributed by atoms with E-state index in [1.807, 2.05) is 6.08 Å². The summed E-state index contributed by atoms with van der Waals surface area (Å²) >= 11 is 0. The molecule has 384 valence electrons. The molecule has 0 aliphatic rings. The molecule has 4 heteroatoms. The van der Waals surface area contributed by atoms with Crippen LogP contribution in [0.2, 0.25) is 0 Å². The largest absolute Gasteiger partial charge is 0.394 e. The molecular weight excluding hydrogens is 819 g/mol. The van der Waals surface area contributed by atoms with Crippen LogP contribution in [0, 0.1) is 0 Å². The summed E-state index contributed by atoms with van der Waals surface area (Å²) in [7, 11) is 0.